The maximum absolute atomic E-state index is 5.71. The number of ether oxygens (including phenoxy) is 1. The zero-order valence-corrected chi connectivity index (χ0v) is 12.1. The minimum atomic E-state index is 0.717. The van der Waals surface area contributed by atoms with Crippen LogP contribution in [0.4, 0.5) is 0 Å². The van der Waals surface area contributed by atoms with Crippen LogP contribution in [0.15, 0.2) is 54.6 Å². The van der Waals surface area contributed by atoms with E-state index in [2.05, 4.69) is 48.6 Å². The number of rotatable bonds is 8. The van der Waals surface area contributed by atoms with E-state index in [4.69, 9.17) is 4.74 Å². The Morgan fingerprint density at radius 2 is 1.55 bits per heavy atom. The van der Waals surface area contributed by atoms with Crippen molar-refractivity contribution in [1.82, 2.24) is 5.32 Å². The van der Waals surface area contributed by atoms with Crippen molar-refractivity contribution in [2.45, 2.75) is 19.8 Å². The Labute approximate surface area is 121 Å². The van der Waals surface area contributed by atoms with Crippen molar-refractivity contribution in [1.29, 1.82) is 0 Å². The van der Waals surface area contributed by atoms with Crippen molar-refractivity contribution in [3.05, 3.63) is 54.6 Å². The number of benzene rings is 2. The van der Waals surface area contributed by atoms with E-state index >= 15 is 0 Å². The van der Waals surface area contributed by atoms with Crippen LogP contribution in [0.3, 0.4) is 0 Å². The average molecular weight is 269 g/mol. The standard InChI is InChI=1S/C18H23NO/c1-2-3-13-19-14-15-20-18-11-9-17(10-12-18)16-7-5-4-6-8-16/h4-12,19H,2-3,13-15H2,1H3. The first-order valence-corrected chi connectivity index (χ1v) is 7.39. The molecule has 0 amide bonds. The van der Waals surface area contributed by atoms with E-state index < -0.39 is 0 Å². The lowest BCUT2D eigenvalue weighted by Gasteiger charge is -2.08. The van der Waals surface area contributed by atoms with Gasteiger partial charge in [-0.15, -0.1) is 0 Å². The molecule has 0 spiro atoms. The molecule has 0 radical (unpaired) electrons. The van der Waals surface area contributed by atoms with Gasteiger partial charge in [0.05, 0.1) is 0 Å². The molecule has 0 aromatic heterocycles. The number of hydrogen-bond donors (Lipinski definition) is 1. The van der Waals surface area contributed by atoms with Crippen LogP contribution in [0.1, 0.15) is 19.8 Å². The summed E-state index contributed by atoms with van der Waals surface area (Å²) < 4.78 is 5.71. The Hall–Kier alpha value is -1.80. The molecule has 0 aliphatic rings. The summed E-state index contributed by atoms with van der Waals surface area (Å²) in [4.78, 5) is 0. The highest BCUT2D eigenvalue weighted by Gasteiger charge is 1.98. The molecule has 0 aliphatic carbocycles. The van der Waals surface area contributed by atoms with Gasteiger partial charge >= 0.3 is 0 Å². The fourth-order valence-corrected chi connectivity index (χ4v) is 2.04. The summed E-state index contributed by atoms with van der Waals surface area (Å²) in [6, 6.07) is 18.7. The first-order chi connectivity index (χ1) is 9.90. The first-order valence-electron chi connectivity index (χ1n) is 7.39. The lowest BCUT2D eigenvalue weighted by Crippen LogP contribution is -2.21. The summed E-state index contributed by atoms with van der Waals surface area (Å²) in [5.41, 5.74) is 2.46. The molecule has 20 heavy (non-hydrogen) atoms. The molecule has 0 saturated heterocycles. The quantitative estimate of drug-likeness (QED) is 0.728. The maximum atomic E-state index is 5.71. The molecular formula is C18H23NO. The fourth-order valence-electron chi connectivity index (χ4n) is 2.04. The fraction of sp³-hybridized carbons (Fsp3) is 0.333. The smallest absolute Gasteiger partial charge is 0.119 e. The number of hydrogen-bond acceptors (Lipinski definition) is 2. The van der Waals surface area contributed by atoms with E-state index in [0.29, 0.717) is 6.61 Å². The van der Waals surface area contributed by atoms with Gasteiger partial charge in [-0.25, -0.2) is 0 Å². The summed E-state index contributed by atoms with van der Waals surface area (Å²) in [7, 11) is 0. The molecule has 0 atom stereocenters. The van der Waals surface area contributed by atoms with E-state index in [1.54, 1.807) is 0 Å². The molecule has 0 aliphatic heterocycles. The monoisotopic (exact) mass is 269 g/mol. The van der Waals surface area contributed by atoms with E-state index in [-0.39, 0.29) is 0 Å². The maximum Gasteiger partial charge on any atom is 0.119 e. The minimum Gasteiger partial charge on any atom is -0.492 e. The van der Waals surface area contributed by atoms with Gasteiger partial charge in [-0.05, 0) is 36.2 Å². The van der Waals surface area contributed by atoms with Gasteiger partial charge in [0.2, 0.25) is 0 Å². The van der Waals surface area contributed by atoms with Gasteiger partial charge in [0.1, 0.15) is 12.4 Å². The van der Waals surface area contributed by atoms with E-state index in [9.17, 15) is 0 Å². The molecule has 2 nitrogen and oxygen atoms in total. The van der Waals surface area contributed by atoms with Gasteiger partial charge in [-0.3, -0.25) is 0 Å². The zero-order chi connectivity index (χ0) is 14.0. The van der Waals surface area contributed by atoms with Crippen molar-refractivity contribution < 1.29 is 4.74 Å². The van der Waals surface area contributed by atoms with Crippen molar-refractivity contribution in [3.63, 3.8) is 0 Å². The molecule has 0 bridgehead atoms. The Morgan fingerprint density at radius 3 is 2.25 bits per heavy atom. The zero-order valence-electron chi connectivity index (χ0n) is 12.1. The van der Waals surface area contributed by atoms with Crippen LogP contribution in [0.25, 0.3) is 11.1 Å². The van der Waals surface area contributed by atoms with Crippen molar-refractivity contribution >= 4 is 0 Å². The molecule has 2 aromatic rings. The summed E-state index contributed by atoms with van der Waals surface area (Å²) >= 11 is 0. The highest BCUT2D eigenvalue weighted by Crippen LogP contribution is 2.21. The Balaban J connectivity index is 1.77. The topological polar surface area (TPSA) is 21.3 Å². The third kappa shape index (κ3) is 4.71. The van der Waals surface area contributed by atoms with Gasteiger partial charge in [0.25, 0.3) is 0 Å². The second-order valence-electron chi connectivity index (χ2n) is 4.84. The van der Waals surface area contributed by atoms with Gasteiger partial charge in [0, 0.05) is 6.54 Å². The Morgan fingerprint density at radius 1 is 0.850 bits per heavy atom. The Kier molecular flexibility index (Phi) is 6.12. The summed E-state index contributed by atoms with van der Waals surface area (Å²) in [6.07, 6.45) is 2.46. The van der Waals surface area contributed by atoms with E-state index in [1.165, 1.54) is 24.0 Å². The minimum absolute atomic E-state index is 0.717. The van der Waals surface area contributed by atoms with Crippen molar-refractivity contribution in [3.8, 4) is 16.9 Å². The normalized spacial score (nSPS) is 10.4. The van der Waals surface area contributed by atoms with Crippen LogP contribution >= 0.6 is 0 Å². The van der Waals surface area contributed by atoms with E-state index in [1.807, 2.05) is 18.2 Å². The van der Waals surface area contributed by atoms with Crippen LogP contribution < -0.4 is 10.1 Å². The number of unbranched alkanes of at least 4 members (excludes halogenated alkanes) is 1. The lowest BCUT2D eigenvalue weighted by atomic mass is 10.1. The third-order valence-corrected chi connectivity index (χ3v) is 3.22. The SMILES string of the molecule is CCCCNCCOc1ccc(-c2ccccc2)cc1. The van der Waals surface area contributed by atoms with E-state index in [0.717, 1.165) is 18.8 Å². The molecule has 2 heteroatoms. The van der Waals surface area contributed by atoms with Crippen LogP contribution in [-0.4, -0.2) is 19.7 Å². The number of nitrogens with one attached hydrogen (secondary N) is 1. The predicted octanol–water partition coefficient (Wildman–Crippen LogP) is 4.12. The third-order valence-electron chi connectivity index (χ3n) is 3.22. The highest BCUT2D eigenvalue weighted by molar-refractivity contribution is 5.63. The Bertz CT molecular complexity index is 479. The molecule has 0 heterocycles. The van der Waals surface area contributed by atoms with Gasteiger partial charge < -0.3 is 10.1 Å². The second kappa shape index (κ2) is 8.39. The molecule has 1 N–H and O–H groups in total. The first kappa shape index (κ1) is 14.6. The lowest BCUT2D eigenvalue weighted by molar-refractivity contribution is 0.314. The summed E-state index contributed by atoms with van der Waals surface area (Å²) in [5, 5.41) is 3.37. The van der Waals surface area contributed by atoms with Crippen LogP contribution in [0.5, 0.6) is 5.75 Å². The average Bonchev–Trinajstić information content (AvgIpc) is 2.52. The molecular weight excluding hydrogens is 246 g/mol. The van der Waals surface area contributed by atoms with Crippen molar-refractivity contribution in [2.24, 2.45) is 0 Å². The molecule has 2 aromatic carbocycles. The van der Waals surface area contributed by atoms with Crippen LogP contribution in [0, 0.1) is 0 Å². The molecule has 106 valence electrons. The summed E-state index contributed by atoms with van der Waals surface area (Å²) in [6.45, 7) is 4.90. The second-order valence-corrected chi connectivity index (χ2v) is 4.84. The highest BCUT2D eigenvalue weighted by atomic mass is 16.5. The predicted molar refractivity (Wildman–Crippen MR) is 85.2 cm³/mol. The molecule has 0 saturated carbocycles. The molecule has 0 fully saturated rings. The van der Waals surface area contributed by atoms with Gasteiger partial charge in [-0.2, -0.15) is 0 Å². The van der Waals surface area contributed by atoms with Crippen LogP contribution in [-0.2, 0) is 0 Å². The molecule has 0 unspecified atom stereocenters. The largest absolute Gasteiger partial charge is 0.492 e. The van der Waals surface area contributed by atoms with Gasteiger partial charge in [0.15, 0.2) is 0 Å². The van der Waals surface area contributed by atoms with Crippen LogP contribution in [0.2, 0.25) is 0 Å². The van der Waals surface area contributed by atoms with Gasteiger partial charge in [-0.1, -0.05) is 55.8 Å². The van der Waals surface area contributed by atoms with Crippen molar-refractivity contribution in [2.75, 3.05) is 19.7 Å². The summed E-state index contributed by atoms with van der Waals surface area (Å²) in [5.74, 6) is 0.932. The molecule has 2 rings (SSSR count).